The van der Waals surface area contributed by atoms with Gasteiger partial charge in [0, 0.05) is 28.4 Å². The summed E-state index contributed by atoms with van der Waals surface area (Å²) in [7, 11) is 2.07. The summed E-state index contributed by atoms with van der Waals surface area (Å²) in [5.41, 5.74) is 10.8. The maximum absolute atomic E-state index is 5.90. The second-order valence-electron chi connectivity index (χ2n) is 8.09. The summed E-state index contributed by atoms with van der Waals surface area (Å²) in [4.78, 5) is 4.58. The minimum atomic E-state index is 0.624. The first kappa shape index (κ1) is 30.7. The molecule has 0 saturated heterocycles. The molecule has 0 unspecified atom stereocenters. The van der Waals surface area contributed by atoms with E-state index in [0.29, 0.717) is 11.4 Å². The van der Waals surface area contributed by atoms with Crippen molar-refractivity contribution in [2.45, 2.75) is 65.8 Å². The largest absolute Gasteiger partial charge is 0.397 e. The number of aromatic nitrogens is 1. The van der Waals surface area contributed by atoms with Gasteiger partial charge in [0.05, 0.1) is 17.1 Å². The number of nitrogens with one attached hydrogen (secondary N) is 2. The molecule has 1 heterocycles. The number of nitrogen functional groups attached to an aromatic ring is 1. The van der Waals surface area contributed by atoms with Crippen molar-refractivity contribution in [2.75, 3.05) is 18.1 Å². The topological polar surface area (TPSA) is 63.0 Å². The smallest absolute Gasteiger partial charge is 0.0860 e. The zero-order chi connectivity index (χ0) is 26.9. The summed E-state index contributed by atoms with van der Waals surface area (Å²) < 4.78 is 0. The predicted octanol–water partition coefficient (Wildman–Crippen LogP) is 8.83. The first-order valence-corrected chi connectivity index (χ1v) is 13.2. The van der Waals surface area contributed by atoms with Gasteiger partial charge < -0.3 is 16.4 Å². The van der Waals surface area contributed by atoms with E-state index < -0.39 is 0 Å². The number of pyridine rings is 1. The van der Waals surface area contributed by atoms with Crippen molar-refractivity contribution in [3.05, 3.63) is 85.7 Å². The van der Waals surface area contributed by atoms with Gasteiger partial charge in [-0.15, -0.1) is 0 Å². The molecule has 0 amide bonds. The van der Waals surface area contributed by atoms with Crippen LogP contribution in [0.15, 0.2) is 80.0 Å². The number of rotatable bonds is 6. The molecule has 0 radical (unpaired) electrons. The number of nitrogens with two attached hydrogens (primary N) is 1. The van der Waals surface area contributed by atoms with E-state index in [1.54, 1.807) is 12.2 Å². The first-order valence-electron chi connectivity index (χ1n) is 13.2. The standard InChI is InChI=1S/C21H19N3.C7H15N.2C2H6/c1-4-14(3)23-21-8-6-7-15-9-10-16(13-17(15)21)20-12-11-18(22)19(5-2)24-20;1-8-7-5-3-2-4-6-7;2*1-2/h4-13,23H,1-3,22H2;7-8H,2-6H2,1H3;2*1-2H3. The van der Waals surface area contributed by atoms with E-state index in [2.05, 4.69) is 66.7 Å². The highest BCUT2D eigenvalue weighted by Crippen LogP contribution is 2.30. The van der Waals surface area contributed by atoms with E-state index in [1.807, 2.05) is 52.0 Å². The SMILES string of the molecule is C=CC(=C)Nc1cccc2ccc(-c3ccc(N)c(C=C)n3)cc12.CC.CC.CNC1CCCCC1. The second kappa shape index (κ2) is 17.1. The molecule has 0 atom stereocenters. The molecule has 2 aromatic carbocycles. The molecule has 0 bridgehead atoms. The third kappa shape index (κ3) is 9.01. The van der Waals surface area contributed by atoms with Crippen LogP contribution in [-0.2, 0) is 0 Å². The molecular weight excluding hydrogens is 440 g/mol. The maximum atomic E-state index is 5.90. The Kier molecular flexibility index (Phi) is 14.6. The normalized spacial score (nSPS) is 12.5. The first-order chi connectivity index (χ1) is 17.5. The fraction of sp³-hybridized carbons (Fsp3) is 0.344. The van der Waals surface area contributed by atoms with Crippen molar-refractivity contribution in [1.29, 1.82) is 0 Å². The van der Waals surface area contributed by atoms with E-state index in [0.717, 1.165) is 39.5 Å². The monoisotopic (exact) mass is 486 g/mol. The number of allylic oxidation sites excluding steroid dienone is 1. The zero-order valence-electron chi connectivity index (χ0n) is 23.0. The van der Waals surface area contributed by atoms with Gasteiger partial charge in [0.1, 0.15) is 0 Å². The molecule has 0 spiro atoms. The van der Waals surface area contributed by atoms with Gasteiger partial charge in [-0.05, 0) is 61.7 Å². The molecule has 194 valence electrons. The highest BCUT2D eigenvalue weighted by Gasteiger charge is 2.09. The van der Waals surface area contributed by atoms with Gasteiger partial charge in [0.2, 0.25) is 0 Å². The van der Waals surface area contributed by atoms with Gasteiger partial charge >= 0.3 is 0 Å². The molecule has 1 aliphatic rings. The zero-order valence-corrected chi connectivity index (χ0v) is 23.0. The Hall–Kier alpha value is -3.37. The van der Waals surface area contributed by atoms with Crippen molar-refractivity contribution in [2.24, 2.45) is 0 Å². The summed E-state index contributed by atoms with van der Waals surface area (Å²) in [6.07, 6.45) is 10.5. The minimum absolute atomic E-state index is 0.624. The van der Waals surface area contributed by atoms with Crippen LogP contribution >= 0.6 is 0 Å². The Bertz CT molecular complexity index is 1090. The van der Waals surface area contributed by atoms with Gasteiger partial charge in [-0.1, -0.05) is 91.0 Å². The quantitative estimate of drug-likeness (QED) is 0.305. The van der Waals surface area contributed by atoms with E-state index in [9.17, 15) is 0 Å². The Balaban J connectivity index is 0.000000452. The van der Waals surface area contributed by atoms with Crippen LogP contribution in [0.5, 0.6) is 0 Å². The van der Waals surface area contributed by atoms with E-state index >= 15 is 0 Å². The summed E-state index contributed by atoms with van der Waals surface area (Å²) in [6.45, 7) is 19.4. The van der Waals surface area contributed by atoms with Gasteiger partial charge in [0.25, 0.3) is 0 Å². The molecule has 1 aromatic heterocycles. The maximum Gasteiger partial charge on any atom is 0.0860 e. The van der Waals surface area contributed by atoms with Crippen LogP contribution in [0.2, 0.25) is 0 Å². The van der Waals surface area contributed by atoms with Crippen molar-refractivity contribution >= 4 is 28.2 Å². The molecule has 1 fully saturated rings. The van der Waals surface area contributed by atoms with Gasteiger partial charge in [0.15, 0.2) is 0 Å². The fourth-order valence-corrected chi connectivity index (χ4v) is 3.97. The van der Waals surface area contributed by atoms with Crippen LogP contribution in [0.4, 0.5) is 11.4 Å². The molecule has 4 heteroatoms. The van der Waals surface area contributed by atoms with Gasteiger partial charge in [-0.25, -0.2) is 4.98 Å². The number of hydrogen-bond donors (Lipinski definition) is 3. The van der Waals surface area contributed by atoms with Crippen LogP contribution in [0, 0.1) is 0 Å². The molecule has 4 nitrogen and oxygen atoms in total. The lowest BCUT2D eigenvalue weighted by Crippen LogP contribution is -2.26. The second-order valence-corrected chi connectivity index (χ2v) is 8.09. The average molecular weight is 487 g/mol. The third-order valence-electron chi connectivity index (χ3n) is 5.88. The van der Waals surface area contributed by atoms with Crippen LogP contribution in [0.1, 0.15) is 65.5 Å². The van der Waals surface area contributed by atoms with Crippen LogP contribution in [0.3, 0.4) is 0 Å². The highest BCUT2D eigenvalue weighted by molar-refractivity contribution is 5.97. The molecule has 1 saturated carbocycles. The summed E-state index contributed by atoms with van der Waals surface area (Å²) >= 11 is 0. The Labute approximate surface area is 219 Å². The van der Waals surface area contributed by atoms with Crippen molar-refractivity contribution in [3.8, 4) is 11.3 Å². The molecule has 4 N–H and O–H groups in total. The number of hydrogen-bond acceptors (Lipinski definition) is 4. The minimum Gasteiger partial charge on any atom is -0.397 e. The average Bonchev–Trinajstić information content (AvgIpc) is 2.96. The summed E-state index contributed by atoms with van der Waals surface area (Å²) in [5, 5.41) is 8.81. The fourth-order valence-electron chi connectivity index (χ4n) is 3.97. The molecular formula is C32H46N4. The lowest BCUT2D eigenvalue weighted by molar-refractivity contribution is 0.394. The Morgan fingerprint density at radius 2 is 1.67 bits per heavy atom. The van der Waals surface area contributed by atoms with Crippen molar-refractivity contribution in [3.63, 3.8) is 0 Å². The van der Waals surface area contributed by atoms with E-state index in [1.165, 1.54) is 32.1 Å². The van der Waals surface area contributed by atoms with Gasteiger partial charge in [-0.3, -0.25) is 0 Å². The lowest BCUT2D eigenvalue weighted by atomic mass is 9.96. The van der Waals surface area contributed by atoms with Crippen LogP contribution in [-0.4, -0.2) is 18.1 Å². The lowest BCUT2D eigenvalue weighted by Gasteiger charge is -2.20. The van der Waals surface area contributed by atoms with Crippen LogP contribution < -0.4 is 16.4 Å². The summed E-state index contributed by atoms with van der Waals surface area (Å²) in [5.74, 6) is 0. The Morgan fingerprint density at radius 1 is 0.972 bits per heavy atom. The predicted molar refractivity (Wildman–Crippen MR) is 163 cm³/mol. The molecule has 1 aliphatic carbocycles. The summed E-state index contributed by atoms with van der Waals surface area (Å²) in [6, 6.07) is 17.0. The molecule has 0 aliphatic heterocycles. The number of fused-ring (bicyclic) bond motifs is 1. The van der Waals surface area contributed by atoms with Crippen LogP contribution in [0.25, 0.3) is 28.1 Å². The van der Waals surface area contributed by atoms with E-state index in [-0.39, 0.29) is 0 Å². The molecule has 4 rings (SSSR count). The van der Waals surface area contributed by atoms with E-state index in [4.69, 9.17) is 5.73 Å². The number of benzene rings is 2. The highest BCUT2D eigenvalue weighted by atomic mass is 14.9. The number of anilines is 2. The third-order valence-corrected chi connectivity index (χ3v) is 5.88. The van der Waals surface area contributed by atoms with Crippen molar-refractivity contribution < 1.29 is 0 Å². The van der Waals surface area contributed by atoms with Gasteiger partial charge in [-0.2, -0.15) is 0 Å². The van der Waals surface area contributed by atoms with Crippen molar-refractivity contribution in [1.82, 2.24) is 10.3 Å². The molecule has 36 heavy (non-hydrogen) atoms. The number of nitrogens with zero attached hydrogens (tertiary/aromatic N) is 1. The Morgan fingerprint density at radius 3 is 2.25 bits per heavy atom. The molecule has 3 aromatic rings.